The highest BCUT2D eigenvalue weighted by Gasteiger charge is 2.40. The molecule has 0 aromatic rings. The molecule has 4 fully saturated rings. The van der Waals surface area contributed by atoms with Gasteiger partial charge in [0.2, 0.25) is 0 Å². The third-order valence-electron chi connectivity index (χ3n) is 43.8. The molecule has 14 atom stereocenters. The molecule has 0 spiro atoms. The van der Waals surface area contributed by atoms with Crippen LogP contribution in [0, 0.1) is 127 Å². The fourth-order valence-corrected chi connectivity index (χ4v) is 32.3. The zero-order chi connectivity index (χ0) is 109. The molecule has 0 radical (unpaired) electrons. The fraction of sp³-hybridized carbons (Fsp3) is 0.946. The van der Waals surface area contributed by atoms with Crippen LogP contribution in [0.3, 0.4) is 0 Å². The summed E-state index contributed by atoms with van der Waals surface area (Å²) in [6.07, 6.45) is 134. The van der Waals surface area contributed by atoms with Gasteiger partial charge in [-0.15, -0.1) is 0 Å². The van der Waals surface area contributed by atoms with E-state index in [1.807, 2.05) is 0 Å². The Hall–Kier alpha value is -1.04. The van der Waals surface area contributed by atoms with Gasteiger partial charge in [-0.3, -0.25) is 0 Å². The molecule has 14 unspecified atom stereocenters. The molecular weight excluding hydrogens is 1780 g/mol. The second-order valence-electron chi connectivity index (χ2n) is 61.2. The summed E-state index contributed by atoms with van der Waals surface area (Å²) in [5.74, 6) is 14.1. The van der Waals surface area contributed by atoms with Gasteiger partial charge in [0.1, 0.15) is 0 Å². The Balaban J connectivity index is 0.000000348. The molecule has 0 saturated heterocycles. The van der Waals surface area contributed by atoms with Gasteiger partial charge >= 0.3 is 0 Å². The lowest BCUT2D eigenvalue weighted by molar-refractivity contribution is 0.0706. The molecule has 0 amide bonds. The Labute approximate surface area is 937 Å². The van der Waals surface area contributed by atoms with E-state index in [4.69, 9.17) is 0 Å². The first-order valence-electron chi connectivity index (χ1n) is 69.3. The van der Waals surface area contributed by atoms with E-state index in [0.29, 0.717) is 37.9 Å². The summed E-state index contributed by atoms with van der Waals surface area (Å²) < 4.78 is 0. The Morgan fingerprint density at radius 1 is 0.223 bits per heavy atom. The molecule has 8 aliphatic carbocycles. The van der Waals surface area contributed by atoms with Crippen LogP contribution in [-0.2, 0) is 0 Å². The monoisotopic (exact) mass is 2060 g/mol. The predicted molar refractivity (Wildman–Crippen MR) is 673 cm³/mol. The summed E-state index contributed by atoms with van der Waals surface area (Å²) in [5, 5.41) is 0. The Morgan fingerprint density at radius 2 is 0.493 bits per heavy atom. The molecule has 0 bridgehead atoms. The normalized spacial score (nSPS) is 24.0. The Bertz CT molecular complexity index is 3320. The highest BCUT2D eigenvalue weighted by molar-refractivity contribution is 5.25. The van der Waals surface area contributed by atoms with Crippen LogP contribution in [0.5, 0.6) is 0 Å². The summed E-state index contributed by atoms with van der Waals surface area (Å²) in [7, 11) is 0. The van der Waals surface area contributed by atoms with E-state index < -0.39 is 0 Å². The topological polar surface area (TPSA) is 0 Å². The van der Waals surface area contributed by atoms with Crippen molar-refractivity contribution in [3.8, 4) is 0 Å². The number of rotatable bonds is 76. The molecule has 0 aromatic heterocycles. The van der Waals surface area contributed by atoms with Crippen molar-refractivity contribution in [2.24, 2.45) is 127 Å². The molecule has 8 aliphatic rings. The van der Waals surface area contributed by atoms with Crippen LogP contribution in [0.15, 0.2) is 45.1 Å². The third-order valence-corrected chi connectivity index (χ3v) is 43.8. The van der Waals surface area contributed by atoms with E-state index in [0.717, 1.165) is 88.8 Å². The van der Waals surface area contributed by atoms with Gasteiger partial charge in [0.05, 0.1) is 0 Å². The van der Waals surface area contributed by atoms with Crippen molar-refractivity contribution in [3.63, 3.8) is 0 Å². The maximum Gasteiger partial charge on any atom is -0.0142 e. The smallest absolute Gasteiger partial charge is 0.0142 e. The van der Waals surface area contributed by atoms with Crippen LogP contribution in [0.1, 0.15) is 772 Å². The Kier molecular flexibility index (Phi) is 72.7. The molecular formula is C148H280. The molecule has 872 valence electrons. The number of hydrogen-bond donors (Lipinski definition) is 0. The number of hydrogen-bond acceptors (Lipinski definition) is 0. The first-order chi connectivity index (χ1) is 70.6. The molecule has 0 heteroatoms. The molecule has 0 aliphatic heterocycles. The van der Waals surface area contributed by atoms with Crippen molar-refractivity contribution in [2.75, 3.05) is 0 Å². The highest BCUT2D eigenvalue weighted by Crippen LogP contribution is 2.52. The summed E-state index contributed by atoms with van der Waals surface area (Å²) >= 11 is 0. The van der Waals surface area contributed by atoms with E-state index in [9.17, 15) is 0 Å². The van der Waals surface area contributed by atoms with Crippen LogP contribution < -0.4 is 0 Å². The molecule has 0 heterocycles. The molecule has 0 aromatic carbocycles. The number of allylic oxidation sites excluding steroid dienone is 8. The van der Waals surface area contributed by atoms with E-state index in [1.165, 1.54) is 565 Å². The van der Waals surface area contributed by atoms with Gasteiger partial charge in [0, 0.05) is 0 Å². The lowest BCUT2D eigenvalue weighted by Gasteiger charge is -2.43. The van der Waals surface area contributed by atoms with Crippen LogP contribution in [0.25, 0.3) is 0 Å². The molecule has 0 N–H and O–H groups in total. The quantitative estimate of drug-likeness (QED) is 0.0421. The predicted octanol–water partition coefficient (Wildman–Crippen LogP) is 52.7. The highest BCUT2D eigenvalue weighted by atomic mass is 14.5. The van der Waals surface area contributed by atoms with Crippen molar-refractivity contribution >= 4 is 0 Å². The van der Waals surface area contributed by atoms with Crippen LogP contribution in [0.4, 0.5) is 0 Å². The maximum atomic E-state index is 2.54. The Morgan fingerprint density at radius 3 is 0.811 bits per heavy atom. The molecule has 8 rings (SSSR count). The molecule has 4 saturated carbocycles. The second kappa shape index (κ2) is 78.3. The van der Waals surface area contributed by atoms with E-state index in [1.54, 1.807) is 51.9 Å². The SMILES string of the molecule is CC1=C(CCC(C)CCCCCCCCC(C)CCCC(C)CCC2C(C)CCCC2(C)C)C(C)(C)CCC1.CC1=C(CCC(C)CCCCCCCCCCCCC(C)CCC2CCCCC2(C)C)C(C)(C)CCC1.CC1=CCCC(C)(C)C1CCC(C)CCCC(C)CCCCCCCCC(C)CCC1=C(C)CCCC1(C)C.CC1CCCC(C)(C)C1CCCCCCCCCCCCCCCCCCC1CCCCC1. The maximum absolute atomic E-state index is 2.54. The summed E-state index contributed by atoms with van der Waals surface area (Å²) in [6, 6.07) is 0. The summed E-state index contributed by atoms with van der Waals surface area (Å²) in [5.41, 5.74) is 15.9. The van der Waals surface area contributed by atoms with Crippen LogP contribution in [-0.4, -0.2) is 0 Å². The lowest BCUT2D eigenvalue weighted by Crippen LogP contribution is -2.33. The van der Waals surface area contributed by atoms with E-state index in [-0.39, 0.29) is 0 Å². The standard InChI is InChI=1S/C39H74.C39H72.C37H70.C33H64/c2*1-31(21-16-22-33(3)26-28-37-35(5)24-18-30-39(37,8)9)19-14-12-10-11-13-15-20-32(2)25-27-36-34(4)23-17-29-38(36,6)7;1-31(25-27-34-24-18-19-29-36(34,4)5)21-16-14-12-10-8-9-11-13-15-17-22-32(2)26-28-35-33(3)23-20-30-37(35,6)7;1-30-24-23-29-33(2,3)32(30)28-22-17-15-13-11-9-7-5-4-6-8-10-12-14-16-19-25-31-26-20-18-21-27-31/h31-33,35,37H,10-30H2,1-9H3;24,31-33,37H,10-23,25-30H2,1-9H3;31-32,34H,8-30H2,1-7H3;30-32H,4-29H2,1-3H3. The molecule has 148 heavy (non-hydrogen) atoms. The molecule has 0 nitrogen and oxygen atoms in total. The summed E-state index contributed by atoms with van der Waals surface area (Å²) in [4.78, 5) is 0. The average Bonchev–Trinajstić information content (AvgIpc) is 0.832. The largest absolute Gasteiger partial charge is 0.0853 e. The minimum atomic E-state index is 0.459. The zero-order valence-corrected chi connectivity index (χ0v) is 108. The van der Waals surface area contributed by atoms with Crippen LogP contribution >= 0.6 is 0 Å². The van der Waals surface area contributed by atoms with Gasteiger partial charge in [0.15, 0.2) is 0 Å². The van der Waals surface area contributed by atoms with Gasteiger partial charge in [-0.05, 0) is 315 Å². The minimum Gasteiger partial charge on any atom is -0.0853 e. The fourth-order valence-electron chi connectivity index (χ4n) is 32.3. The first kappa shape index (κ1) is 137. The van der Waals surface area contributed by atoms with Gasteiger partial charge in [-0.2, -0.15) is 0 Å². The lowest BCUT2D eigenvalue weighted by atomic mass is 9.62. The average molecular weight is 2060 g/mol. The van der Waals surface area contributed by atoms with Crippen molar-refractivity contribution < 1.29 is 0 Å². The van der Waals surface area contributed by atoms with Crippen molar-refractivity contribution in [1.82, 2.24) is 0 Å². The van der Waals surface area contributed by atoms with Gasteiger partial charge in [-0.25, -0.2) is 0 Å². The van der Waals surface area contributed by atoms with Crippen molar-refractivity contribution in [1.29, 1.82) is 0 Å². The van der Waals surface area contributed by atoms with Crippen molar-refractivity contribution in [2.45, 2.75) is 772 Å². The van der Waals surface area contributed by atoms with Crippen LogP contribution in [0.2, 0.25) is 0 Å². The van der Waals surface area contributed by atoms with E-state index in [2.05, 4.69) is 200 Å². The van der Waals surface area contributed by atoms with Crippen molar-refractivity contribution in [3.05, 3.63) is 45.1 Å². The zero-order valence-electron chi connectivity index (χ0n) is 108. The number of unbranched alkanes of at least 4 members (excludes halogenated alkanes) is 34. The second-order valence-corrected chi connectivity index (χ2v) is 61.2. The first-order valence-corrected chi connectivity index (χ1v) is 69.3. The summed E-state index contributed by atoms with van der Waals surface area (Å²) in [6.45, 7) is 69.8. The third kappa shape index (κ3) is 60.4. The minimum absolute atomic E-state index is 0.459. The van der Waals surface area contributed by atoms with Gasteiger partial charge in [-0.1, -0.05) is 629 Å². The van der Waals surface area contributed by atoms with Gasteiger partial charge < -0.3 is 0 Å². The van der Waals surface area contributed by atoms with Gasteiger partial charge in [0.25, 0.3) is 0 Å². The van der Waals surface area contributed by atoms with E-state index >= 15 is 0 Å².